The smallest absolute Gasteiger partial charge is 0.331 e. The summed E-state index contributed by atoms with van der Waals surface area (Å²) in [7, 11) is 0. The molecule has 0 amide bonds. The van der Waals surface area contributed by atoms with Gasteiger partial charge in [0, 0.05) is 11.8 Å². The summed E-state index contributed by atoms with van der Waals surface area (Å²) in [6.45, 7) is 0.262. The molecule has 1 aromatic rings. The number of alkyl halides is 1. The Balaban J connectivity index is 2.52. The van der Waals surface area contributed by atoms with Gasteiger partial charge in [0.25, 0.3) is 5.56 Å². The zero-order valence-corrected chi connectivity index (χ0v) is 9.59. The highest BCUT2D eigenvalue weighted by molar-refractivity contribution is 5.05. The van der Waals surface area contributed by atoms with E-state index in [4.69, 9.17) is 9.84 Å². The number of halogens is 1. The molecular formula is C10H13FN2O5. The number of hydrogen-bond acceptors (Lipinski definition) is 5. The molecule has 0 saturated carbocycles. The van der Waals surface area contributed by atoms with Gasteiger partial charge in [-0.25, -0.2) is 9.18 Å². The van der Waals surface area contributed by atoms with E-state index >= 15 is 0 Å². The van der Waals surface area contributed by atoms with E-state index in [1.165, 1.54) is 6.92 Å². The largest absolute Gasteiger partial charge is 0.394 e. The lowest BCUT2D eigenvalue weighted by molar-refractivity contribution is -0.0511. The molecule has 1 fully saturated rings. The first-order chi connectivity index (χ1) is 8.40. The third-order valence-corrected chi connectivity index (χ3v) is 3.01. The van der Waals surface area contributed by atoms with Crippen molar-refractivity contribution in [1.82, 2.24) is 9.55 Å². The van der Waals surface area contributed by atoms with Crippen LogP contribution in [-0.2, 0) is 10.5 Å². The van der Waals surface area contributed by atoms with Crippen molar-refractivity contribution in [1.29, 1.82) is 0 Å². The Bertz CT molecular complexity index is 568. The molecular weight excluding hydrogens is 247 g/mol. The van der Waals surface area contributed by atoms with Crippen molar-refractivity contribution in [3.8, 4) is 0 Å². The van der Waals surface area contributed by atoms with Crippen LogP contribution in [0, 0.1) is 6.92 Å². The highest BCUT2D eigenvalue weighted by Crippen LogP contribution is 2.32. The van der Waals surface area contributed by atoms with Crippen LogP contribution in [0.3, 0.4) is 0 Å². The van der Waals surface area contributed by atoms with Crippen LogP contribution < -0.4 is 11.2 Å². The topological polar surface area (TPSA) is 105 Å². The Morgan fingerprint density at radius 2 is 2.33 bits per heavy atom. The minimum Gasteiger partial charge on any atom is -0.394 e. The van der Waals surface area contributed by atoms with E-state index in [-0.39, 0.29) is 5.56 Å². The molecule has 3 atom stereocenters. The number of aliphatic hydroxyl groups is 2. The maximum Gasteiger partial charge on any atom is 0.331 e. The van der Waals surface area contributed by atoms with Crippen LogP contribution in [0.4, 0.5) is 4.39 Å². The number of rotatable bonds is 2. The summed E-state index contributed by atoms with van der Waals surface area (Å²) in [4.78, 5) is 24.7. The molecule has 18 heavy (non-hydrogen) atoms. The first-order valence-electron chi connectivity index (χ1n) is 5.32. The lowest BCUT2D eigenvalue weighted by atomic mass is 10.1. The molecule has 8 heteroatoms. The van der Waals surface area contributed by atoms with E-state index in [0.717, 1.165) is 6.20 Å². The van der Waals surface area contributed by atoms with Gasteiger partial charge in [-0.1, -0.05) is 0 Å². The highest BCUT2D eigenvalue weighted by Gasteiger charge is 2.52. The monoisotopic (exact) mass is 260 g/mol. The third-order valence-electron chi connectivity index (χ3n) is 3.01. The lowest BCUT2D eigenvalue weighted by Crippen LogP contribution is -2.50. The zero-order chi connectivity index (χ0) is 13.5. The van der Waals surface area contributed by atoms with E-state index in [0.29, 0.717) is 4.57 Å². The van der Waals surface area contributed by atoms with Crippen LogP contribution in [-0.4, -0.2) is 45.2 Å². The summed E-state index contributed by atoms with van der Waals surface area (Å²) in [6, 6.07) is 0. The molecule has 7 nitrogen and oxygen atoms in total. The first kappa shape index (κ1) is 12.9. The number of aliphatic hydroxyl groups excluding tert-OH is 2. The lowest BCUT2D eigenvalue weighted by Gasteiger charge is -2.25. The van der Waals surface area contributed by atoms with Crippen molar-refractivity contribution in [2.75, 3.05) is 13.2 Å². The molecule has 0 radical (unpaired) electrons. The number of aromatic amines is 1. The van der Waals surface area contributed by atoms with Gasteiger partial charge in [0.15, 0.2) is 0 Å². The minimum atomic E-state index is -2.50. The van der Waals surface area contributed by atoms with E-state index in [1.54, 1.807) is 0 Å². The molecule has 1 aliphatic rings. The predicted octanol–water partition coefficient (Wildman–Crippen LogP) is -1.78. The molecule has 100 valence electrons. The summed E-state index contributed by atoms with van der Waals surface area (Å²) in [5, 5.41) is 18.6. The molecule has 0 bridgehead atoms. The van der Waals surface area contributed by atoms with Crippen LogP contribution in [0.15, 0.2) is 15.8 Å². The number of H-pyrrole nitrogens is 1. The number of nitrogens with zero attached hydrogens (tertiary/aromatic N) is 1. The highest BCUT2D eigenvalue weighted by atomic mass is 19.1. The molecule has 1 aromatic heterocycles. The van der Waals surface area contributed by atoms with E-state index in [9.17, 15) is 19.1 Å². The molecule has 0 aromatic carbocycles. The maximum absolute atomic E-state index is 14.6. The van der Waals surface area contributed by atoms with Crippen molar-refractivity contribution < 1.29 is 19.3 Å². The molecule has 0 aliphatic carbocycles. The summed E-state index contributed by atoms with van der Waals surface area (Å²) in [5.41, 5.74) is -1.47. The van der Waals surface area contributed by atoms with Gasteiger partial charge < -0.3 is 14.9 Å². The van der Waals surface area contributed by atoms with Crippen molar-refractivity contribution in [3.63, 3.8) is 0 Å². The Morgan fingerprint density at radius 1 is 1.67 bits per heavy atom. The molecule has 0 unspecified atom stereocenters. The molecule has 2 rings (SSSR count). The van der Waals surface area contributed by atoms with Crippen LogP contribution in [0.1, 0.15) is 5.56 Å². The fraction of sp³-hybridized carbons (Fsp3) is 0.600. The number of aromatic nitrogens is 2. The Hall–Kier alpha value is -1.51. The average molecular weight is 260 g/mol. The van der Waals surface area contributed by atoms with E-state index < -0.39 is 42.5 Å². The van der Waals surface area contributed by atoms with Gasteiger partial charge in [0.1, 0.15) is 18.8 Å². The molecule has 1 saturated heterocycles. The fourth-order valence-electron chi connectivity index (χ4n) is 1.89. The second kappa shape index (κ2) is 4.30. The Morgan fingerprint density at radius 3 is 2.89 bits per heavy atom. The quantitative estimate of drug-likeness (QED) is 0.583. The van der Waals surface area contributed by atoms with Crippen LogP contribution in [0.25, 0.3) is 0 Å². The van der Waals surface area contributed by atoms with E-state index in [1.807, 2.05) is 4.98 Å². The summed E-state index contributed by atoms with van der Waals surface area (Å²) in [5.74, 6) is -2.50. The SMILES string of the molecule is Cc1cn([C@]2(F)CO[C@H](CO)[C@H]2O)c(=O)[nH]c1=O. The molecule has 3 N–H and O–H groups in total. The number of hydrogen-bond donors (Lipinski definition) is 3. The van der Waals surface area contributed by atoms with Gasteiger partial charge in [0.2, 0.25) is 5.79 Å². The van der Waals surface area contributed by atoms with E-state index in [2.05, 4.69) is 0 Å². The fourth-order valence-corrected chi connectivity index (χ4v) is 1.89. The van der Waals surface area contributed by atoms with Gasteiger partial charge in [-0.3, -0.25) is 14.3 Å². The second-order valence-electron chi connectivity index (χ2n) is 4.24. The van der Waals surface area contributed by atoms with Gasteiger partial charge in [-0.05, 0) is 6.92 Å². The van der Waals surface area contributed by atoms with Crippen molar-refractivity contribution in [2.45, 2.75) is 24.9 Å². The van der Waals surface area contributed by atoms with Crippen molar-refractivity contribution >= 4 is 0 Å². The van der Waals surface area contributed by atoms with Crippen LogP contribution >= 0.6 is 0 Å². The summed E-state index contributed by atoms with van der Waals surface area (Å²) in [6.07, 6.45) is -1.77. The second-order valence-corrected chi connectivity index (χ2v) is 4.24. The van der Waals surface area contributed by atoms with Gasteiger partial charge in [0.05, 0.1) is 6.61 Å². The standard InChI is InChI=1S/C10H13FN2O5/c1-5-2-13(9(17)12-8(5)16)10(11)4-18-6(3-14)7(10)15/h2,6-7,14-15H,3-4H2,1H3,(H,12,16,17)/t6-,7-,10-/m1/s1. The maximum atomic E-state index is 14.6. The zero-order valence-electron chi connectivity index (χ0n) is 9.59. The normalized spacial score (nSPS) is 31.8. The molecule has 0 spiro atoms. The first-order valence-corrected chi connectivity index (χ1v) is 5.32. The predicted molar refractivity (Wildman–Crippen MR) is 58.0 cm³/mol. The summed E-state index contributed by atoms with van der Waals surface area (Å²) >= 11 is 0. The molecule has 2 heterocycles. The number of aryl methyl sites for hydroxylation is 1. The van der Waals surface area contributed by atoms with Crippen molar-refractivity contribution in [3.05, 3.63) is 32.6 Å². The number of ether oxygens (including phenoxy) is 1. The average Bonchev–Trinajstić information content (AvgIpc) is 2.61. The van der Waals surface area contributed by atoms with Crippen molar-refractivity contribution in [2.24, 2.45) is 0 Å². The Labute approximate surface area is 100 Å². The Kier molecular flexibility index (Phi) is 3.09. The number of nitrogens with one attached hydrogen (secondary N) is 1. The van der Waals surface area contributed by atoms with Gasteiger partial charge in [-0.2, -0.15) is 0 Å². The molecule has 1 aliphatic heterocycles. The van der Waals surface area contributed by atoms with Gasteiger partial charge in [-0.15, -0.1) is 0 Å². The van der Waals surface area contributed by atoms with Crippen LogP contribution in [0.2, 0.25) is 0 Å². The summed E-state index contributed by atoms with van der Waals surface area (Å²) < 4.78 is 20.1. The van der Waals surface area contributed by atoms with Crippen LogP contribution in [0.5, 0.6) is 0 Å². The van der Waals surface area contributed by atoms with Gasteiger partial charge >= 0.3 is 5.69 Å². The third kappa shape index (κ3) is 1.78. The minimum absolute atomic E-state index is 0.131.